The van der Waals surface area contributed by atoms with Gasteiger partial charge in [-0.25, -0.2) is 0 Å². The van der Waals surface area contributed by atoms with Crippen LogP contribution in [-0.2, 0) is 4.79 Å². The minimum absolute atomic E-state index is 0.0833. The van der Waals surface area contributed by atoms with Gasteiger partial charge in [-0.3, -0.25) is 4.79 Å². The largest absolute Gasteiger partial charge is 0.482 e. The van der Waals surface area contributed by atoms with Gasteiger partial charge in [-0.2, -0.15) is 0 Å². The van der Waals surface area contributed by atoms with Crippen LogP contribution in [0.5, 0.6) is 5.75 Å². The monoisotopic (exact) mass is 233 g/mol. The molecule has 0 aliphatic carbocycles. The van der Waals surface area contributed by atoms with Gasteiger partial charge in [-0.1, -0.05) is 6.07 Å². The Morgan fingerprint density at radius 3 is 2.88 bits per heavy atom. The summed E-state index contributed by atoms with van der Waals surface area (Å²) in [6.45, 7) is 3.95. The molecule has 1 saturated heterocycles. The fraction of sp³-hybridized carbons (Fsp3) is 0.417. The number of nitrogens with one attached hydrogen (secondary N) is 2. The topological polar surface area (TPSA) is 53.6 Å². The van der Waals surface area contributed by atoms with Crippen LogP contribution >= 0.6 is 0 Å². The van der Waals surface area contributed by atoms with Crippen molar-refractivity contribution in [2.75, 3.05) is 43.0 Å². The van der Waals surface area contributed by atoms with Crippen LogP contribution in [0.1, 0.15) is 0 Å². The summed E-state index contributed by atoms with van der Waals surface area (Å²) in [6.07, 6.45) is 0. The lowest BCUT2D eigenvalue weighted by molar-refractivity contribution is -0.118. The minimum atomic E-state index is -0.0833. The molecule has 0 spiro atoms. The van der Waals surface area contributed by atoms with E-state index >= 15 is 0 Å². The molecule has 1 fully saturated rings. The maximum absolute atomic E-state index is 11.4. The van der Waals surface area contributed by atoms with E-state index in [1.807, 2.05) is 18.2 Å². The van der Waals surface area contributed by atoms with E-state index in [9.17, 15) is 4.79 Å². The number of rotatable bonds is 1. The summed E-state index contributed by atoms with van der Waals surface area (Å²) in [5.41, 5.74) is 1.86. The van der Waals surface area contributed by atoms with Gasteiger partial charge in [0.2, 0.25) is 0 Å². The Balaban J connectivity index is 1.95. The summed E-state index contributed by atoms with van der Waals surface area (Å²) in [5, 5.41) is 6.21. The van der Waals surface area contributed by atoms with Gasteiger partial charge in [0.05, 0.1) is 5.69 Å². The Morgan fingerprint density at radius 1 is 1.24 bits per heavy atom. The molecule has 1 amide bonds. The molecule has 5 heteroatoms. The number of fused-ring (bicyclic) bond motifs is 1. The van der Waals surface area contributed by atoms with E-state index in [0.717, 1.165) is 43.3 Å². The number of ether oxygens (including phenoxy) is 1. The molecule has 0 saturated carbocycles. The average molecular weight is 233 g/mol. The number of carbonyl (C=O) groups is 1. The van der Waals surface area contributed by atoms with Crippen molar-refractivity contribution in [2.45, 2.75) is 0 Å². The molecular weight excluding hydrogens is 218 g/mol. The van der Waals surface area contributed by atoms with E-state index < -0.39 is 0 Å². The van der Waals surface area contributed by atoms with Crippen molar-refractivity contribution in [1.82, 2.24) is 5.32 Å². The number of hydrogen-bond donors (Lipinski definition) is 2. The molecule has 0 radical (unpaired) electrons. The zero-order valence-corrected chi connectivity index (χ0v) is 9.53. The first-order valence-corrected chi connectivity index (χ1v) is 5.86. The van der Waals surface area contributed by atoms with Crippen molar-refractivity contribution in [2.24, 2.45) is 0 Å². The van der Waals surface area contributed by atoms with Crippen molar-refractivity contribution in [1.29, 1.82) is 0 Å². The van der Waals surface area contributed by atoms with Crippen LogP contribution in [0.2, 0.25) is 0 Å². The Hall–Kier alpha value is -1.75. The number of carbonyl (C=O) groups excluding carboxylic acids is 1. The van der Waals surface area contributed by atoms with Crippen LogP contribution in [-0.4, -0.2) is 38.7 Å². The third-order valence-electron chi connectivity index (χ3n) is 3.09. The van der Waals surface area contributed by atoms with Crippen LogP contribution in [0, 0.1) is 0 Å². The zero-order valence-electron chi connectivity index (χ0n) is 9.53. The Morgan fingerprint density at radius 2 is 2.06 bits per heavy atom. The molecule has 2 heterocycles. The number of nitrogens with zero attached hydrogens (tertiary/aromatic N) is 1. The molecule has 17 heavy (non-hydrogen) atoms. The van der Waals surface area contributed by atoms with Gasteiger partial charge in [0.1, 0.15) is 11.4 Å². The number of piperazine rings is 1. The first-order chi connectivity index (χ1) is 8.34. The first-order valence-electron chi connectivity index (χ1n) is 5.86. The fourth-order valence-electron chi connectivity index (χ4n) is 2.25. The summed E-state index contributed by atoms with van der Waals surface area (Å²) in [7, 11) is 0. The zero-order chi connectivity index (χ0) is 11.7. The Kier molecular flexibility index (Phi) is 2.60. The van der Waals surface area contributed by atoms with Crippen molar-refractivity contribution in [3.63, 3.8) is 0 Å². The molecule has 90 valence electrons. The van der Waals surface area contributed by atoms with Gasteiger partial charge in [0.25, 0.3) is 5.91 Å². The third kappa shape index (κ3) is 1.93. The minimum Gasteiger partial charge on any atom is -0.482 e. The lowest BCUT2D eigenvalue weighted by Gasteiger charge is -2.32. The second kappa shape index (κ2) is 4.25. The van der Waals surface area contributed by atoms with E-state index in [1.54, 1.807) is 0 Å². The lowest BCUT2D eigenvalue weighted by atomic mass is 10.2. The maximum atomic E-state index is 11.4. The van der Waals surface area contributed by atoms with Gasteiger partial charge < -0.3 is 20.3 Å². The number of benzene rings is 1. The summed E-state index contributed by atoms with van der Waals surface area (Å²) in [6, 6.07) is 5.88. The van der Waals surface area contributed by atoms with Gasteiger partial charge >= 0.3 is 0 Å². The highest BCUT2D eigenvalue weighted by molar-refractivity contribution is 5.99. The second-order valence-corrected chi connectivity index (χ2v) is 4.22. The first kappa shape index (κ1) is 10.4. The standard InChI is InChI=1S/C12H15N3O2/c16-11-8-17-10-3-1-2-9(12(10)14-11)15-6-4-13-5-7-15/h1-3,13H,4-8H2,(H,14,16). The summed E-state index contributed by atoms with van der Waals surface area (Å²) in [5.74, 6) is 0.681. The van der Waals surface area contributed by atoms with E-state index in [1.165, 1.54) is 0 Å². The van der Waals surface area contributed by atoms with Crippen LogP contribution < -0.4 is 20.3 Å². The molecule has 0 atom stereocenters. The van der Waals surface area contributed by atoms with Crippen LogP contribution in [0.15, 0.2) is 18.2 Å². The number of amides is 1. The van der Waals surface area contributed by atoms with E-state index in [0.29, 0.717) is 0 Å². The summed E-state index contributed by atoms with van der Waals surface area (Å²) < 4.78 is 5.41. The summed E-state index contributed by atoms with van der Waals surface area (Å²) >= 11 is 0. The Labute approximate surface area is 99.7 Å². The highest BCUT2D eigenvalue weighted by atomic mass is 16.5. The number of anilines is 2. The second-order valence-electron chi connectivity index (χ2n) is 4.22. The normalized spacial score (nSPS) is 19.3. The SMILES string of the molecule is O=C1COc2cccc(N3CCNCC3)c2N1. The molecular formula is C12H15N3O2. The van der Waals surface area contributed by atoms with Crippen LogP contribution in [0.4, 0.5) is 11.4 Å². The fourth-order valence-corrected chi connectivity index (χ4v) is 2.25. The number of hydrogen-bond acceptors (Lipinski definition) is 4. The van der Waals surface area contributed by atoms with Gasteiger partial charge in [0.15, 0.2) is 6.61 Å². The van der Waals surface area contributed by atoms with E-state index in [4.69, 9.17) is 4.74 Å². The molecule has 2 aliphatic heterocycles. The lowest BCUT2D eigenvalue weighted by Crippen LogP contribution is -2.44. The molecule has 1 aromatic carbocycles. The van der Waals surface area contributed by atoms with Crippen molar-refractivity contribution < 1.29 is 9.53 Å². The molecule has 2 N–H and O–H groups in total. The molecule has 2 aliphatic rings. The predicted octanol–water partition coefficient (Wildman–Crippen LogP) is 0.427. The van der Waals surface area contributed by atoms with Gasteiger partial charge in [-0.15, -0.1) is 0 Å². The highest BCUT2D eigenvalue weighted by Gasteiger charge is 2.22. The van der Waals surface area contributed by atoms with Crippen molar-refractivity contribution >= 4 is 17.3 Å². The Bertz CT molecular complexity index is 441. The number of para-hydroxylation sites is 1. The third-order valence-corrected chi connectivity index (χ3v) is 3.09. The summed E-state index contributed by atoms with van der Waals surface area (Å²) in [4.78, 5) is 13.7. The van der Waals surface area contributed by atoms with Gasteiger partial charge in [0, 0.05) is 26.2 Å². The highest BCUT2D eigenvalue weighted by Crippen LogP contribution is 2.37. The van der Waals surface area contributed by atoms with Crippen molar-refractivity contribution in [3.05, 3.63) is 18.2 Å². The van der Waals surface area contributed by atoms with E-state index in [2.05, 4.69) is 15.5 Å². The maximum Gasteiger partial charge on any atom is 0.262 e. The van der Waals surface area contributed by atoms with Crippen LogP contribution in [0.3, 0.4) is 0 Å². The van der Waals surface area contributed by atoms with E-state index in [-0.39, 0.29) is 12.5 Å². The molecule has 0 aromatic heterocycles. The molecule has 3 rings (SSSR count). The average Bonchev–Trinajstić information content (AvgIpc) is 2.39. The molecule has 0 unspecified atom stereocenters. The smallest absolute Gasteiger partial charge is 0.262 e. The predicted molar refractivity (Wildman–Crippen MR) is 65.6 cm³/mol. The quantitative estimate of drug-likeness (QED) is 0.738. The van der Waals surface area contributed by atoms with Gasteiger partial charge in [-0.05, 0) is 12.1 Å². The van der Waals surface area contributed by atoms with Crippen molar-refractivity contribution in [3.8, 4) is 5.75 Å². The van der Waals surface area contributed by atoms with Crippen LogP contribution in [0.25, 0.3) is 0 Å². The molecule has 1 aromatic rings. The molecule has 5 nitrogen and oxygen atoms in total. The molecule has 0 bridgehead atoms.